The molecule has 3 aromatic heterocycles. The smallest absolute Gasteiger partial charge is 0.252 e. The van der Waals surface area contributed by atoms with Crippen molar-refractivity contribution in [2.24, 2.45) is 0 Å². The monoisotopic (exact) mass is 472 g/mol. The zero-order chi connectivity index (χ0) is 24.3. The van der Waals surface area contributed by atoms with Crippen molar-refractivity contribution in [3.8, 4) is 11.4 Å². The lowest BCUT2D eigenvalue weighted by Crippen LogP contribution is -2.59. The van der Waals surface area contributed by atoms with E-state index in [-0.39, 0.29) is 29.0 Å². The van der Waals surface area contributed by atoms with Crippen molar-refractivity contribution in [3.05, 3.63) is 47.8 Å². The second-order valence-corrected chi connectivity index (χ2v) is 8.63. The van der Waals surface area contributed by atoms with Gasteiger partial charge in [-0.05, 0) is 38.4 Å². The van der Waals surface area contributed by atoms with Crippen LogP contribution in [0.3, 0.4) is 0 Å². The fourth-order valence-electron chi connectivity index (χ4n) is 4.04. The molecule has 0 saturated carbocycles. The van der Waals surface area contributed by atoms with Crippen LogP contribution in [0.4, 0.5) is 14.6 Å². The number of piperidine rings is 1. The SMILES string of the molecule is CC.CC1(NC(=O)c2ccn3c(-c4nc(NC5CCCNC5)c(F)cc4F)cnc3c2)COC1. The van der Waals surface area contributed by atoms with E-state index in [1.807, 2.05) is 20.8 Å². The van der Waals surface area contributed by atoms with E-state index in [1.54, 1.807) is 22.7 Å². The van der Waals surface area contributed by atoms with Crippen LogP contribution < -0.4 is 16.0 Å². The van der Waals surface area contributed by atoms with E-state index >= 15 is 0 Å². The van der Waals surface area contributed by atoms with Crippen molar-refractivity contribution in [2.75, 3.05) is 31.6 Å². The molecular formula is C24H30F2N6O2. The van der Waals surface area contributed by atoms with Crippen molar-refractivity contribution in [3.63, 3.8) is 0 Å². The number of anilines is 1. The lowest BCUT2D eigenvalue weighted by atomic mass is 10.00. The summed E-state index contributed by atoms with van der Waals surface area (Å²) in [4.78, 5) is 21.1. The molecule has 1 atom stereocenters. The van der Waals surface area contributed by atoms with Gasteiger partial charge in [-0.3, -0.25) is 9.20 Å². The largest absolute Gasteiger partial charge is 0.376 e. The average Bonchev–Trinajstić information content (AvgIpc) is 3.25. The van der Waals surface area contributed by atoms with Gasteiger partial charge in [-0.15, -0.1) is 0 Å². The highest BCUT2D eigenvalue weighted by molar-refractivity contribution is 5.95. The maximum atomic E-state index is 14.7. The number of hydrogen-bond acceptors (Lipinski definition) is 6. The number of aromatic nitrogens is 3. The molecule has 0 radical (unpaired) electrons. The Morgan fingerprint density at radius 1 is 1.26 bits per heavy atom. The second kappa shape index (κ2) is 10.0. The number of amides is 1. The highest BCUT2D eigenvalue weighted by Crippen LogP contribution is 2.27. The zero-order valence-corrected chi connectivity index (χ0v) is 19.6. The normalized spacial score (nSPS) is 19.0. The van der Waals surface area contributed by atoms with Crippen LogP contribution in [0, 0.1) is 11.6 Å². The van der Waals surface area contributed by atoms with E-state index in [2.05, 4.69) is 25.9 Å². The van der Waals surface area contributed by atoms with Gasteiger partial charge in [0.15, 0.2) is 17.5 Å². The standard InChI is InChI=1S/C22H24F2N6O2.C2H6/c1-22(11-32-12-22)29-21(31)13-4-6-30-17(10-26-18(30)7-13)19-15(23)8-16(24)20(28-19)27-14-3-2-5-25-9-14;1-2/h4,6-8,10,14,25H,2-3,5,9,11-12H2,1H3,(H,27,28)(H,29,31);1-2H3. The first kappa shape index (κ1) is 24.0. The Bertz CT molecular complexity index is 1170. The third kappa shape index (κ3) is 4.88. The zero-order valence-electron chi connectivity index (χ0n) is 19.6. The number of halogens is 2. The van der Waals surface area contributed by atoms with Gasteiger partial charge in [0, 0.05) is 30.4 Å². The van der Waals surface area contributed by atoms with Crippen LogP contribution >= 0.6 is 0 Å². The molecule has 1 amide bonds. The van der Waals surface area contributed by atoms with Crippen LogP contribution in [0.25, 0.3) is 17.0 Å². The second-order valence-electron chi connectivity index (χ2n) is 8.63. The molecule has 10 heteroatoms. The van der Waals surface area contributed by atoms with Crippen LogP contribution in [0.1, 0.15) is 44.0 Å². The highest BCUT2D eigenvalue weighted by Gasteiger charge is 2.35. The third-order valence-electron chi connectivity index (χ3n) is 5.84. The van der Waals surface area contributed by atoms with E-state index in [0.717, 1.165) is 25.5 Å². The molecule has 0 spiro atoms. The van der Waals surface area contributed by atoms with Gasteiger partial charge < -0.3 is 20.7 Å². The molecule has 1 unspecified atom stereocenters. The molecule has 0 aliphatic carbocycles. The fraction of sp³-hybridized carbons (Fsp3) is 0.458. The molecule has 5 heterocycles. The van der Waals surface area contributed by atoms with Crippen LogP contribution in [0.2, 0.25) is 0 Å². The van der Waals surface area contributed by atoms with E-state index < -0.39 is 11.6 Å². The fourth-order valence-corrected chi connectivity index (χ4v) is 4.04. The third-order valence-corrected chi connectivity index (χ3v) is 5.84. The predicted octanol–water partition coefficient (Wildman–Crippen LogP) is 3.38. The summed E-state index contributed by atoms with van der Waals surface area (Å²) in [6.07, 6.45) is 4.96. The van der Waals surface area contributed by atoms with Crippen LogP contribution in [-0.4, -0.2) is 58.2 Å². The van der Waals surface area contributed by atoms with Crippen molar-refractivity contribution in [2.45, 2.75) is 45.2 Å². The number of rotatable bonds is 5. The number of ether oxygens (including phenoxy) is 1. The van der Waals surface area contributed by atoms with Crippen molar-refractivity contribution < 1.29 is 18.3 Å². The molecule has 5 rings (SSSR count). The number of fused-ring (bicyclic) bond motifs is 1. The Morgan fingerprint density at radius 2 is 2.06 bits per heavy atom. The summed E-state index contributed by atoms with van der Waals surface area (Å²) in [7, 11) is 0. The molecule has 2 aliphatic heterocycles. The van der Waals surface area contributed by atoms with E-state index in [0.29, 0.717) is 36.7 Å². The van der Waals surface area contributed by atoms with Crippen LogP contribution in [0.15, 0.2) is 30.6 Å². The molecule has 3 N–H and O–H groups in total. The minimum Gasteiger partial charge on any atom is -0.376 e. The molecule has 2 fully saturated rings. The van der Waals surface area contributed by atoms with E-state index in [4.69, 9.17) is 4.74 Å². The summed E-state index contributed by atoms with van der Waals surface area (Å²) in [6, 6.07) is 4.11. The first-order chi connectivity index (χ1) is 16.4. The molecule has 34 heavy (non-hydrogen) atoms. The average molecular weight is 473 g/mol. The minimum atomic E-state index is -0.781. The Kier molecular flexibility index (Phi) is 7.08. The number of pyridine rings is 2. The van der Waals surface area contributed by atoms with Gasteiger partial charge in [-0.1, -0.05) is 13.8 Å². The Labute approximate surface area is 197 Å². The Morgan fingerprint density at radius 3 is 2.74 bits per heavy atom. The van der Waals surface area contributed by atoms with Crippen molar-refractivity contribution in [1.82, 2.24) is 25.0 Å². The Hall–Kier alpha value is -3.11. The topological polar surface area (TPSA) is 92.6 Å². The lowest BCUT2D eigenvalue weighted by molar-refractivity contribution is -0.0593. The van der Waals surface area contributed by atoms with E-state index in [1.165, 1.54) is 6.20 Å². The van der Waals surface area contributed by atoms with Gasteiger partial charge in [0.1, 0.15) is 11.3 Å². The molecule has 2 saturated heterocycles. The maximum absolute atomic E-state index is 14.7. The number of imidazole rings is 1. The number of nitrogens with one attached hydrogen (secondary N) is 3. The number of carbonyl (C=O) groups excluding carboxylic acids is 1. The van der Waals surface area contributed by atoms with E-state index in [9.17, 15) is 13.6 Å². The van der Waals surface area contributed by atoms with Crippen LogP contribution in [0.5, 0.6) is 0 Å². The summed E-state index contributed by atoms with van der Waals surface area (Å²) in [5, 5.41) is 9.27. The number of hydrogen-bond donors (Lipinski definition) is 3. The molecule has 8 nitrogen and oxygen atoms in total. The number of carbonyl (C=O) groups is 1. The summed E-state index contributed by atoms with van der Waals surface area (Å²) < 4.78 is 35.9. The predicted molar refractivity (Wildman–Crippen MR) is 126 cm³/mol. The van der Waals surface area contributed by atoms with Gasteiger partial charge >= 0.3 is 0 Å². The maximum Gasteiger partial charge on any atom is 0.252 e. The molecule has 0 bridgehead atoms. The molecule has 2 aliphatic rings. The molecule has 0 aromatic carbocycles. The molecule has 3 aromatic rings. The lowest BCUT2D eigenvalue weighted by Gasteiger charge is -2.38. The first-order valence-corrected chi connectivity index (χ1v) is 11.6. The Balaban J connectivity index is 0.00000133. The van der Waals surface area contributed by atoms with Gasteiger partial charge in [-0.25, -0.2) is 18.7 Å². The molecule has 182 valence electrons. The van der Waals surface area contributed by atoms with Gasteiger partial charge in [-0.2, -0.15) is 0 Å². The van der Waals surface area contributed by atoms with Gasteiger partial charge in [0.25, 0.3) is 5.91 Å². The number of nitrogens with zero attached hydrogens (tertiary/aromatic N) is 3. The summed E-state index contributed by atoms with van der Waals surface area (Å²) >= 11 is 0. The minimum absolute atomic E-state index is 0.0111. The molecular weight excluding hydrogens is 442 g/mol. The van der Waals surface area contributed by atoms with Crippen molar-refractivity contribution in [1.29, 1.82) is 0 Å². The van der Waals surface area contributed by atoms with Gasteiger partial charge in [0.05, 0.1) is 30.6 Å². The summed E-state index contributed by atoms with van der Waals surface area (Å²) in [5.41, 5.74) is 0.874. The first-order valence-electron chi connectivity index (χ1n) is 11.6. The highest BCUT2D eigenvalue weighted by atomic mass is 19.1. The van der Waals surface area contributed by atoms with Crippen molar-refractivity contribution >= 4 is 17.4 Å². The van der Waals surface area contributed by atoms with Gasteiger partial charge in [0.2, 0.25) is 0 Å². The van der Waals surface area contributed by atoms with Crippen LogP contribution in [-0.2, 0) is 4.74 Å². The summed E-state index contributed by atoms with van der Waals surface area (Å²) in [5.74, 6) is -1.74. The summed E-state index contributed by atoms with van der Waals surface area (Å²) in [6.45, 7) is 8.48. The quantitative estimate of drug-likeness (QED) is 0.527.